The van der Waals surface area contributed by atoms with Gasteiger partial charge in [0.15, 0.2) is 9.84 Å². The van der Waals surface area contributed by atoms with E-state index in [0.29, 0.717) is 0 Å². The van der Waals surface area contributed by atoms with Crippen molar-refractivity contribution in [3.63, 3.8) is 0 Å². The molecule has 78 valence electrons. The van der Waals surface area contributed by atoms with Crippen LogP contribution >= 0.6 is 12.4 Å². The molecule has 1 fully saturated rings. The molecule has 0 aromatic carbocycles. The lowest BCUT2D eigenvalue weighted by molar-refractivity contribution is -0.139. The first-order valence-electron chi connectivity index (χ1n) is 3.56. The minimum Gasteiger partial charge on any atom is -0.480 e. The molecule has 0 aromatic rings. The molecule has 1 aliphatic heterocycles. The van der Waals surface area contributed by atoms with E-state index in [0.717, 1.165) is 6.26 Å². The monoisotopic (exact) mass is 229 g/mol. The highest BCUT2D eigenvalue weighted by Crippen LogP contribution is 2.13. The molecule has 0 unspecified atom stereocenters. The average molecular weight is 230 g/mol. The van der Waals surface area contributed by atoms with Crippen molar-refractivity contribution >= 4 is 28.2 Å². The van der Waals surface area contributed by atoms with E-state index in [1.165, 1.54) is 0 Å². The lowest BCUT2D eigenvalue weighted by atomic mass is 10.2. The lowest BCUT2D eigenvalue weighted by Gasteiger charge is -2.03. The van der Waals surface area contributed by atoms with E-state index < -0.39 is 27.1 Å². The van der Waals surface area contributed by atoms with Gasteiger partial charge in [-0.15, -0.1) is 12.4 Å². The second-order valence-electron chi connectivity index (χ2n) is 2.99. The number of aliphatic carboxylic acids is 1. The Hall–Kier alpha value is -0.330. The SMILES string of the molecule is CS(=O)(=O)[C@H]1CN[C@H](C(=O)O)C1.Cl. The van der Waals surface area contributed by atoms with Crippen molar-refractivity contribution in [3.8, 4) is 0 Å². The summed E-state index contributed by atoms with van der Waals surface area (Å²) in [6, 6.07) is -0.704. The highest BCUT2D eigenvalue weighted by Gasteiger charge is 2.34. The van der Waals surface area contributed by atoms with Gasteiger partial charge in [-0.05, 0) is 6.42 Å². The van der Waals surface area contributed by atoms with Crippen LogP contribution in [0.4, 0.5) is 0 Å². The molecule has 0 saturated carbocycles. The van der Waals surface area contributed by atoms with Crippen LogP contribution in [0.3, 0.4) is 0 Å². The van der Waals surface area contributed by atoms with Gasteiger partial charge in [-0.25, -0.2) is 8.42 Å². The van der Waals surface area contributed by atoms with Crippen molar-refractivity contribution in [2.45, 2.75) is 17.7 Å². The topological polar surface area (TPSA) is 83.5 Å². The summed E-state index contributed by atoms with van der Waals surface area (Å²) in [4.78, 5) is 10.4. The van der Waals surface area contributed by atoms with Crippen LogP contribution in [-0.2, 0) is 14.6 Å². The van der Waals surface area contributed by atoms with Crippen LogP contribution in [0.5, 0.6) is 0 Å². The molecular weight excluding hydrogens is 218 g/mol. The third-order valence-electron chi connectivity index (χ3n) is 1.99. The Kier molecular flexibility index (Phi) is 4.15. The summed E-state index contributed by atoms with van der Waals surface area (Å²) in [5, 5.41) is 10.6. The standard InChI is InChI=1S/C6H11NO4S.ClH/c1-12(10,11)4-2-5(6(8)9)7-3-4;/h4-5,7H,2-3H2,1H3,(H,8,9);1H/t4-,5+;/m1./s1. The summed E-state index contributed by atoms with van der Waals surface area (Å²) in [5.41, 5.74) is 0. The minimum atomic E-state index is -3.09. The number of halogens is 1. The van der Waals surface area contributed by atoms with Crippen LogP contribution < -0.4 is 5.32 Å². The molecule has 13 heavy (non-hydrogen) atoms. The Labute approximate surface area is 82.8 Å². The van der Waals surface area contributed by atoms with Gasteiger partial charge in [0.05, 0.1) is 5.25 Å². The molecule has 7 heteroatoms. The molecular formula is C6H12ClNO4S. The van der Waals surface area contributed by atoms with Crippen LogP contribution in [0.1, 0.15) is 6.42 Å². The zero-order chi connectivity index (χ0) is 9.35. The summed E-state index contributed by atoms with van der Waals surface area (Å²) < 4.78 is 21.9. The van der Waals surface area contributed by atoms with E-state index >= 15 is 0 Å². The summed E-state index contributed by atoms with van der Waals surface area (Å²) >= 11 is 0. The maximum atomic E-state index is 11.0. The predicted molar refractivity (Wildman–Crippen MR) is 49.9 cm³/mol. The number of hydrogen-bond donors (Lipinski definition) is 2. The number of nitrogens with one attached hydrogen (secondary N) is 1. The average Bonchev–Trinajstić information content (AvgIpc) is 2.30. The lowest BCUT2D eigenvalue weighted by Crippen LogP contribution is -2.30. The fraction of sp³-hybridized carbons (Fsp3) is 0.833. The molecule has 0 radical (unpaired) electrons. The number of hydrogen-bond acceptors (Lipinski definition) is 4. The van der Waals surface area contributed by atoms with Crippen molar-refractivity contribution in [2.75, 3.05) is 12.8 Å². The number of carboxylic acids is 1. The quantitative estimate of drug-likeness (QED) is 0.652. The molecule has 5 nitrogen and oxygen atoms in total. The van der Waals surface area contributed by atoms with Gasteiger partial charge < -0.3 is 10.4 Å². The molecule has 0 aromatic heterocycles. The molecule has 0 bridgehead atoms. The van der Waals surface area contributed by atoms with E-state index in [4.69, 9.17) is 5.11 Å². The summed E-state index contributed by atoms with van der Waals surface area (Å²) in [6.07, 6.45) is 1.30. The summed E-state index contributed by atoms with van der Waals surface area (Å²) in [5.74, 6) is -0.985. The Morgan fingerprint density at radius 2 is 2.08 bits per heavy atom. The van der Waals surface area contributed by atoms with E-state index in [1.807, 2.05) is 0 Å². The number of rotatable bonds is 2. The van der Waals surface area contributed by atoms with Crippen LogP contribution in [0.2, 0.25) is 0 Å². The van der Waals surface area contributed by atoms with Gasteiger partial charge in [-0.1, -0.05) is 0 Å². The Bertz CT molecular complexity index is 289. The molecule has 1 aliphatic rings. The minimum absolute atomic E-state index is 0. The number of sulfone groups is 1. The van der Waals surface area contributed by atoms with E-state index in [1.54, 1.807) is 0 Å². The van der Waals surface area contributed by atoms with E-state index in [-0.39, 0.29) is 25.4 Å². The number of carbonyl (C=O) groups is 1. The molecule has 1 saturated heterocycles. The van der Waals surface area contributed by atoms with Crippen molar-refractivity contribution in [2.24, 2.45) is 0 Å². The zero-order valence-corrected chi connectivity index (χ0v) is 8.69. The Morgan fingerprint density at radius 3 is 2.31 bits per heavy atom. The normalized spacial score (nSPS) is 28.1. The van der Waals surface area contributed by atoms with Crippen LogP contribution in [0.15, 0.2) is 0 Å². The Morgan fingerprint density at radius 1 is 1.54 bits per heavy atom. The fourth-order valence-corrected chi connectivity index (χ4v) is 2.16. The second-order valence-corrected chi connectivity index (χ2v) is 5.31. The van der Waals surface area contributed by atoms with Crippen LogP contribution in [-0.4, -0.2) is 43.6 Å². The van der Waals surface area contributed by atoms with Crippen LogP contribution in [0.25, 0.3) is 0 Å². The third-order valence-corrected chi connectivity index (χ3v) is 3.56. The predicted octanol–water partition coefficient (Wildman–Crippen LogP) is -0.732. The molecule has 0 aliphatic carbocycles. The van der Waals surface area contributed by atoms with Gasteiger partial charge in [0.2, 0.25) is 0 Å². The van der Waals surface area contributed by atoms with Gasteiger partial charge in [-0.3, -0.25) is 4.79 Å². The smallest absolute Gasteiger partial charge is 0.320 e. The fourth-order valence-electron chi connectivity index (χ4n) is 1.22. The second kappa shape index (κ2) is 4.26. The molecule has 2 N–H and O–H groups in total. The van der Waals surface area contributed by atoms with Crippen molar-refractivity contribution in [1.29, 1.82) is 0 Å². The highest BCUT2D eigenvalue weighted by molar-refractivity contribution is 7.91. The largest absolute Gasteiger partial charge is 0.480 e. The first-order valence-corrected chi connectivity index (χ1v) is 5.52. The van der Waals surface area contributed by atoms with Gasteiger partial charge in [0.1, 0.15) is 6.04 Å². The van der Waals surface area contributed by atoms with Crippen molar-refractivity contribution < 1.29 is 18.3 Å². The van der Waals surface area contributed by atoms with Gasteiger partial charge in [-0.2, -0.15) is 0 Å². The Balaban J connectivity index is 0.00000144. The molecule has 0 amide bonds. The van der Waals surface area contributed by atoms with Gasteiger partial charge >= 0.3 is 5.97 Å². The molecule has 1 heterocycles. The van der Waals surface area contributed by atoms with E-state index in [2.05, 4.69) is 5.32 Å². The molecule has 1 rings (SSSR count). The first kappa shape index (κ1) is 12.7. The number of carboxylic acid groups (broad SMARTS) is 1. The first-order chi connectivity index (χ1) is 5.41. The highest BCUT2D eigenvalue weighted by atomic mass is 35.5. The van der Waals surface area contributed by atoms with Crippen molar-refractivity contribution in [1.82, 2.24) is 5.32 Å². The maximum Gasteiger partial charge on any atom is 0.320 e. The van der Waals surface area contributed by atoms with Crippen molar-refractivity contribution in [3.05, 3.63) is 0 Å². The van der Waals surface area contributed by atoms with Gasteiger partial charge in [0.25, 0.3) is 0 Å². The summed E-state index contributed by atoms with van der Waals surface area (Å²) in [6.45, 7) is 0.246. The zero-order valence-electron chi connectivity index (χ0n) is 7.06. The maximum absolute atomic E-state index is 11.0. The molecule has 0 spiro atoms. The van der Waals surface area contributed by atoms with Gasteiger partial charge in [0, 0.05) is 12.8 Å². The van der Waals surface area contributed by atoms with Crippen LogP contribution in [0, 0.1) is 0 Å². The third kappa shape index (κ3) is 3.13. The molecule has 2 atom stereocenters. The van der Waals surface area contributed by atoms with E-state index in [9.17, 15) is 13.2 Å². The summed E-state index contributed by atoms with van der Waals surface area (Å²) in [7, 11) is -3.09.